The fourth-order valence-corrected chi connectivity index (χ4v) is 2.83. The molecule has 0 aliphatic rings. The molecule has 0 radical (unpaired) electrons. The highest BCUT2D eigenvalue weighted by Gasteiger charge is 2.25. The molecule has 7 heteroatoms. The van der Waals surface area contributed by atoms with Crippen LogP contribution >= 0.6 is 0 Å². The van der Waals surface area contributed by atoms with Gasteiger partial charge in [0.1, 0.15) is 6.04 Å². The van der Waals surface area contributed by atoms with Gasteiger partial charge in [0.05, 0.1) is 5.52 Å². The van der Waals surface area contributed by atoms with Crippen LogP contribution in [-0.2, 0) is 4.79 Å². The van der Waals surface area contributed by atoms with Crippen molar-refractivity contribution in [2.75, 3.05) is 5.32 Å². The molecule has 3 rings (SSSR count). The van der Waals surface area contributed by atoms with Gasteiger partial charge in [-0.15, -0.1) is 0 Å². The van der Waals surface area contributed by atoms with E-state index in [1.807, 2.05) is 32.9 Å². The van der Waals surface area contributed by atoms with Crippen LogP contribution in [-0.4, -0.2) is 22.8 Å². The van der Waals surface area contributed by atoms with Crippen LogP contribution in [0.15, 0.2) is 51.7 Å². The number of hydrogen-bond acceptors (Lipinski definition) is 4. The number of fused-ring (bicyclic) bond motifs is 1. The Kier molecular flexibility index (Phi) is 5.12. The van der Waals surface area contributed by atoms with Crippen LogP contribution in [0.1, 0.15) is 29.8 Å². The first-order chi connectivity index (χ1) is 12.8. The first kappa shape index (κ1) is 18.4. The molecule has 0 saturated heterocycles. The number of amides is 2. The van der Waals surface area contributed by atoms with Gasteiger partial charge in [-0.3, -0.25) is 14.6 Å². The Labute approximate surface area is 155 Å². The molecule has 1 heterocycles. The van der Waals surface area contributed by atoms with E-state index in [-0.39, 0.29) is 17.7 Å². The molecule has 0 saturated carbocycles. The van der Waals surface area contributed by atoms with Crippen molar-refractivity contribution in [1.29, 1.82) is 0 Å². The average Bonchev–Trinajstić information content (AvgIpc) is 2.98. The van der Waals surface area contributed by atoms with Crippen LogP contribution in [0.25, 0.3) is 11.1 Å². The van der Waals surface area contributed by atoms with Crippen LogP contribution in [0.5, 0.6) is 0 Å². The van der Waals surface area contributed by atoms with E-state index >= 15 is 0 Å². The van der Waals surface area contributed by atoms with Crippen molar-refractivity contribution >= 4 is 28.6 Å². The number of hydrogen-bond donors (Lipinski definition) is 3. The minimum Gasteiger partial charge on any atom is -0.408 e. The summed E-state index contributed by atoms with van der Waals surface area (Å²) in [5.74, 6) is -1.30. The standard InChI is InChI=1S/C20H21N3O4/c1-11(2)17(23-18(24)14-7-5-4-6-12(14)3)19(25)21-13-8-9-16-15(10-13)22-20(26)27-16/h4-11,17H,1-3H3,(H,21,25)(H,22,26)(H,23,24). The number of aromatic amines is 1. The van der Waals surface area contributed by atoms with Gasteiger partial charge in [-0.2, -0.15) is 0 Å². The molecular formula is C20H21N3O4. The van der Waals surface area contributed by atoms with Crippen molar-refractivity contribution in [3.63, 3.8) is 0 Å². The Bertz CT molecular complexity index is 1050. The second-order valence-electron chi connectivity index (χ2n) is 6.72. The molecule has 2 aromatic carbocycles. The smallest absolute Gasteiger partial charge is 0.408 e. The van der Waals surface area contributed by atoms with Crippen LogP contribution in [0, 0.1) is 12.8 Å². The third-order valence-electron chi connectivity index (χ3n) is 4.31. The topological polar surface area (TPSA) is 104 Å². The van der Waals surface area contributed by atoms with E-state index in [0.717, 1.165) is 5.56 Å². The van der Waals surface area contributed by atoms with Crippen molar-refractivity contribution in [3.05, 3.63) is 64.1 Å². The van der Waals surface area contributed by atoms with Crippen LogP contribution in [0.4, 0.5) is 5.69 Å². The highest BCUT2D eigenvalue weighted by molar-refractivity contribution is 6.02. The molecule has 0 bridgehead atoms. The van der Waals surface area contributed by atoms with Gasteiger partial charge < -0.3 is 15.1 Å². The molecule has 0 spiro atoms. The molecule has 7 nitrogen and oxygen atoms in total. The van der Waals surface area contributed by atoms with Gasteiger partial charge in [-0.1, -0.05) is 32.0 Å². The molecule has 0 aliphatic heterocycles. The third kappa shape index (κ3) is 4.08. The highest BCUT2D eigenvalue weighted by atomic mass is 16.4. The lowest BCUT2D eigenvalue weighted by atomic mass is 10.0. The van der Waals surface area contributed by atoms with E-state index < -0.39 is 11.8 Å². The Balaban J connectivity index is 1.77. The first-order valence-corrected chi connectivity index (χ1v) is 8.65. The van der Waals surface area contributed by atoms with E-state index in [1.165, 1.54) is 0 Å². The minimum absolute atomic E-state index is 0.115. The summed E-state index contributed by atoms with van der Waals surface area (Å²) in [7, 11) is 0. The summed E-state index contributed by atoms with van der Waals surface area (Å²) in [5.41, 5.74) is 2.77. The maximum Gasteiger partial charge on any atom is 0.417 e. The lowest BCUT2D eigenvalue weighted by Gasteiger charge is -2.22. The molecule has 0 aliphatic carbocycles. The van der Waals surface area contributed by atoms with E-state index in [1.54, 1.807) is 30.3 Å². The van der Waals surface area contributed by atoms with Crippen molar-refractivity contribution in [3.8, 4) is 0 Å². The normalized spacial score (nSPS) is 12.1. The molecule has 2 amide bonds. The van der Waals surface area contributed by atoms with Gasteiger partial charge in [0.25, 0.3) is 5.91 Å². The number of rotatable bonds is 5. The van der Waals surface area contributed by atoms with Gasteiger partial charge in [0.2, 0.25) is 5.91 Å². The predicted molar refractivity (Wildman–Crippen MR) is 103 cm³/mol. The average molecular weight is 367 g/mol. The number of anilines is 1. The molecule has 1 aromatic heterocycles. The van der Waals surface area contributed by atoms with Crippen molar-refractivity contribution in [2.45, 2.75) is 26.8 Å². The van der Waals surface area contributed by atoms with E-state index in [9.17, 15) is 14.4 Å². The minimum atomic E-state index is -0.712. The zero-order chi connectivity index (χ0) is 19.6. The molecule has 3 N–H and O–H groups in total. The second-order valence-corrected chi connectivity index (χ2v) is 6.72. The number of H-pyrrole nitrogens is 1. The SMILES string of the molecule is Cc1ccccc1C(=O)NC(C(=O)Nc1ccc2oc(=O)[nH]c2c1)C(C)C. The van der Waals surface area contributed by atoms with Gasteiger partial charge >= 0.3 is 5.76 Å². The van der Waals surface area contributed by atoms with E-state index in [0.29, 0.717) is 22.4 Å². The summed E-state index contributed by atoms with van der Waals surface area (Å²) in [6.45, 7) is 5.57. The van der Waals surface area contributed by atoms with Crippen LogP contribution < -0.4 is 16.4 Å². The Morgan fingerprint density at radius 1 is 1.11 bits per heavy atom. The van der Waals surface area contributed by atoms with Crippen LogP contribution in [0.2, 0.25) is 0 Å². The Morgan fingerprint density at radius 3 is 2.56 bits per heavy atom. The van der Waals surface area contributed by atoms with Crippen molar-refractivity contribution in [1.82, 2.24) is 10.3 Å². The van der Waals surface area contributed by atoms with Crippen LogP contribution in [0.3, 0.4) is 0 Å². The van der Waals surface area contributed by atoms with Gasteiger partial charge in [-0.05, 0) is 42.7 Å². The molecule has 140 valence electrons. The summed E-state index contributed by atoms with van der Waals surface area (Å²) in [6, 6.07) is 11.3. The number of carbonyl (C=O) groups is 2. The van der Waals surface area contributed by atoms with E-state index in [2.05, 4.69) is 15.6 Å². The first-order valence-electron chi connectivity index (χ1n) is 8.65. The lowest BCUT2D eigenvalue weighted by molar-refractivity contribution is -0.118. The Hall–Kier alpha value is -3.35. The highest BCUT2D eigenvalue weighted by Crippen LogP contribution is 2.17. The number of nitrogens with one attached hydrogen (secondary N) is 3. The summed E-state index contributed by atoms with van der Waals surface area (Å²) in [6.07, 6.45) is 0. The van der Waals surface area contributed by atoms with Crippen molar-refractivity contribution < 1.29 is 14.0 Å². The predicted octanol–water partition coefficient (Wildman–Crippen LogP) is 2.82. The molecule has 27 heavy (non-hydrogen) atoms. The largest absolute Gasteiger partial charge is 0.417 e. The Morgan fingerprint density at radius 2 is 1.85 bits per heavy atom. The number of aryl methyl sites for hydroxylation is 1. The van der Waals surface area contributed by atoms with E-state index in [4.69, 9.17) is 4.42 Å². The third-order valence-corrected chi connectivity index (χ3v) is 4.31. The summed E-state index contributed by atoms with van der Waals surface area (Å²) < 4.78 is 4.95. The summed E-state index contributed by atoms with van der Waals surface area (Å²) in [5, 5.41) is 5.59. The second kappa shape index (κ2) is 7.49. The maximum absolute atomic E-state index is 12.7. The maximum atomic E-state index is 12.7. The number of carbonyl (C=O) groups excluding carboxylic acids is 2. The van der Waals surface area contributed by atoms with Gasteiger partial charge in [0, 0.05) is 11.3 Å². The zero-order valence-electron chi connectivity index (χ0n) is 15.3. The summed E-state index contributed by atoms with van der Waals surface area (Å²) >= 11 is 0. The molecule has 0 fully saturated rings. The zero-order valence-corrected chi connectivity index (χ0v) is 15.3. The number of benzene rings is 2. The number of aromatic nitrogens is 1. The van der Waals surface area contributed by atoms with Crippen molar-refractivity contribution in [2.24, 2.45) is 5.92 Å². The lowest BCUT2D eigenvalue weighted by Crippen LogP contribution is -2.47. The van der Waals surface area contributed by atoms with Gasteiger partial charge in [0.15, 0.2) is 5.58 Å². The number of oxazole rings is 1. The molecular weight excluding hydrogens is 346 g/mol. The van der Waals surface area contributed by atoms with Gasteiger partial charge in [-0.25, -0.2) is 4.79 Å². The fraction of sp³-hybridized carbons (Fsp3) is 0.250. The summed E-state index contributed by atoms with van der Waals surface area (Å²) in [4.78, 5) is 39.1. The molecule has 1 atom stereocenters. The molecule has 3 aromatic rings. The quantitative estimate of drug-likeness (QED) is 0.645. The fourth-order valence-electron chi connectivity index (χ4n) is 2.83. The monoisotopic (exact) mass is 367 g/mol. The molecule has 1 unspecified atom stereocenters.